The molecule has 0 aromatic carbocycles. The van der Waals surface area contributed by atoms with Crippen molar-refractivity contribution in [1.29, 1.82) is 0 Å². The highest BCUT2D eigenvalue weighted by atomic mass is 31.2. The molecule has 17 nitrogen and oxygen atoms in total. The Balaban J connectivity index is 5.39. The van der Waals surface area contributed by atoms with Crippen LogP contribution in [-0.4, -0.2) is 96.7 Å². The first-order valence-electron chi connectivity index (χ1n) is 37.1. The van der Waals surface area contributed by atoms with Crippen molar-refractivity contribution in [2.75, 3.05) is 39.6 Å². The predicted octanol–water partition coefficient (Wildman–Crippen LogP) is 21.0. The Bertz CT molecular complexity index is 2250. The molecule has 5 unspecified atom stereocenters. The van der Waals surface area contributed by atoms with E-state index < -0.39 is 97.5 Å². The Labute approximate surface area is 581 Å². The molecule has 0 fully saturated rings. The monoisotopic (exact) mass is 1390 g/mol. The molecule has 0 saturated carbocycles. The van der Waals surface area contributed by atoms with Crippen LogP contribution in [0.1, 0.15) is 297 Å². The van der Waals surface area contributed by atoms with E-state index in [0.717, 1.165) is 128 Å². The van der Waals surface area contributed by atoms with Gasteiger partial charge in [0.05, 0.1) is 26.4 Å². The van der Waals surface area contributed by atoms with E-state index in [9.17, 15) is 43.2 Å². The van der Waals surface area contributed by atoms with E-state index >= 15 is 0 Å². The molecule has 19 heteroatoms. The smallest absolute Gasteiger partial charge is 0.462 e. The molecule has 0 heterocycles. The maximum absolute atomic E-state index is 13.0. The van der Waals surface area contributed by atoms with Gasteiger partial charge in [-0.3, -0.25) is 37.3 Å². The lowest BCUT2D eigenvalue weighted by molar-refractivity contribution is -0.161. The largest absolute Gasteiger partial charge is 0.472 e. The van der Waals surface area contributed by atoms with Crippen molar-refractivity contribution < 1.29 is 80.2 Å². The lowest BCUT2D eigenvalue weighted by Crippen LogP contribution is -2.30. The van der Waals surface area contributed by atoms with E-state index in [1.54, 1.807) is 0 Å². The second-order valence-electron chi connectivity index (χ2n) is 24.5. The van der Waals surface area contributed by atoms with Crippen LogP contribution in [0.2, 0.25) is 0 Å². The van der Waals surface area contributed by atoms with E-state index in [1.807, 2.05) is 0 Å². The van der Waals surface area contributed by atoms with Crippen molar-refractivity contribution in [3.63, 3.8) is 0 Å². The van der Waals surface area contributed by atoms with Gasteiger partial charge in [0.25, 0.3) is 0 Å². The lowest BCUT2D eigenvalue weighted by Gasteiger charge is -2.21. The summed E-state index contributed by atoms with van der Waals surface area (Å²) in [6.45, 7) is 4.50. The number of phosphoric ester groups is 2. The molecule has 0 rings (SSSR count). The van der Waals surface area contributed by atoms with Gasteiger partial charge in [-0.1, -0.05) is 259 Å². The Morgan fingerprint density at radius 1 is 0.302 bits per heavy atom. The highest BCUT2D eigenvalue weighted by molar-refractivity contribution is 7.47. The molecule has 5 atom stereocenters. The average Bonchev–Trinajstić information content (AvgIpc) is 1.09. The maximum atomic E-state index is 13.0. The van der Waals surface area contributed by atoms with Crippen molar-refractivity contribution in [3.05, 3.63) is 109 Å². The van der Waals surface area contributed by atoms with Gasteiger partial charge in [-0.25, -0.2) is 9.13 Å². The van der Waals surface area contributed by atoms with Crippen molar-refractivity contribution in [1.82, 2.24) is 0 Å². The zero-order valence-electron chi connectivity index (χ0n) is 60.0. The minimum atomic E-state index is -4.99. The fraction of sp³-hybridized carbons (Fsp3) is 0.714. The summed E-state index contributed by atoms with van der Waals surface area (Å²) >= 11 is 0. The summed E-state index contributed by atoms with van der Waals surface area (Å²) in [5, 5.41) is 10.6. The second kappa shape index (κ2) is 69.2. The molecule has 0 aromatic heterocycles. The first-order valence-corrected chi connectivity index (χ1v) is 40.1. The van der Waals surface area contributed by atoms with Crippen molar-refractivity contribution in [3.8, 4) is 0 Å². The number of carbonyl (C=O) groups is 4. The summed E-state index contributed by atoms with van der Waals surface area (Å²) in [6, 6.07) is 0. The summed E-state index contributed by atoms with van der Waals surface area (Å²) in [5.41, 5.74) is 0. The molecular formula is C77H132O17P2. The first-order chi connectivity index (χ1) is 46.7. The van der Waals surface area contributed by atoms with Gasteiger partial charge in [0.15, 0.2) is 12.2 Å². The summed E-state index contributed by atoms with van der Waals surface area (Å²) in [7, 11) is -9.97. The molecule has 0 aliphatic heterocycles. The predicted molar refractivity (Wildman–Crippen MR) is 390 cm³/mol. The van der Waals surface area contributed by atoms with E-state index in [-0.39, 0.29) is 25.7 Å². The number of carbonyl (C=O) groups excluding carboxylic acids is 4. The van der Waals surface area contributed by atoms with Gasteiger partial charge in [-0.05, 0) is 122 Å². The molecule has 0 aromatic rings. The van der Waals surface area contributed by atoms with Crippen LogP contribution >= 0.6 is 15.6 Å². The zero-order valence-corrected chi connectivity index (χ0v) is 61.8. The third-order valence-corrected chi connectivity index (χ3v) is 17.1. The van der Waals surface area contributed by atoms with Gasteiger partial charge in [0, 0.05) is 25.7 Å². The van der Waals surface area contributed by atoms with Crippen LogP contribution < -0.4 is 0 Å². The average molecular weight is 1390 g/mol. The van der Waals surface area contributed by atoms with Gasteiger partial charge >= 0.3 is 39.5 Å². The topological polar surface area (TPSA) is 237 Å². The normalized spacial score (nSPS) is 14.6. The Morgan fingerprint density at radius 3 is 0.896 bits per heavy atom. The number of hydrogen-bond acceptors (Lipinski definition) is 15. The lowest BCUT2D eigenvalue weighted by atomic mass is 10.0. The van der Waals surface area contributed by atoms with Crippen molar-refractivity contribution >= 4 is 39.5 Å². The van der Waals surface area contributed by atoms with Gasteiger partial charge in [-0.2, -0.15) is 0 Å². The Kier molecular flexibility index (Phi) is 66.1. The maximum Gasteiger partial charge on any atom is 0.472 e. The van der Waals surface area contributed by atoms with Crippen LogP contribution in [0, 0.1) is 0 Å². The van der Waals surface area contributed by atoms with Gasteiger partial charge in [0.1, 0.15) is 19.3 Å². The van der Waals surface area contributed by atoms with Crippen molar-refractivity contribution in [2.45, 2.75) is 316 Å². The fourth-order valence-corrected chi connectivity index (χ4v) is 11.2. The molecule has 0 saturated heterocycles. The molecule has 0 spiro atoms. The summed E-state index contributed by atoms with van der Waals surface area (Å²) in [6.07, 6.45) is 72.5. The van der Waals surface area contributed by atoms with E-state index in [2.05, 4.69) is 137 Å². The number of allylic oxidation sites excluding steroid dienone is 18. The van der Waals surface area contributed by atoms with Crippen LogP contribution in [0.4, 0.5) is 0 Å². The van der Waals surface area contributed by atoms with E-state index in [0.29, 0.717) is 32.1 Å². The number of esters is 4. The molecule has 0 aliphatic carbocycles. The SMILES string of the molecule is CC/C=C\C/C=C\C/C=C\C/C=C\CCCCC(=O)OCC(COP(=O)(O)OCC(O)COP(=O)(O)OCC(COC(=O)CCCCCCCCCCCCCCCCC)OC(=O)CCCCCCC/C=C\CCCC)OC(=O)CCCC/C=C\C/C=C\C/C=C\C/C=C\CC. The van der Waals surface area contributed by atoms with Crippen LogP contribution in [0.5, 0.6) is 0 Å². The summed E-state index contributed by atoms with van der Waals surface area (Å²) in [4.78, 5) is 72.7. The summed E-state index contributed by atoms with van der Waals surface area (Å²) < 4.78 is 68.3. The first kappa shape index (κ1) is 91.7. The second-order valence-corrected chi connectivity index (χ2v) is 27.4. The van der Waals surface area contributed by atoms with Gasteiger partial charge in [-0.15, -0.1) is 0 Å². The highest BCUT2D eigenvalue weighted by Crippen LogP contribution is 2.45. The number of hydrogen-bond donors (Lipinski definition) is 3. The molecule has 0 aliphatic rings. The molecule has 0 bridgehead atoms. The third-order valence-electron chi connectivity index (χ3n) is 15.2. The van der Waals surface area contributed by atoms with Gasteiger partial charge in [0.2, 0.25) is 0 Å². The quantitative estimate of drug-likeness (QED) is 0.0169. The zero-order chi connectivity index (χ0) is 70.4. The van der Waals surface area contributed by atoms with Gasteiger partial charge < -0.3 is 33.8 Å². The van der Waals surface area contributed by atoms with E-state index in [1.165, 1.54) is 83.5 Å². The highest BCUT2D eigenvalue weighted by Gasteiger charge is 2.30. The van der Waals surface area contributed by atoms with Crippen LogP contribution in [0.25, 0.3) is 0 Å². The number of unbranched alkanes of at least 4 members (excludes halogenated alkanes) is 25. The number of ether oxygens (including phenoxy) is 4. The number of phosphoric acid groups is 2. The number of aliphatic hydroxyl groups excluding tert-OH is 1. The Morgan fingerprint density at radius 2 is 0.552 bits per heavy atom. The van der Waals surface area contributed by atoms with Crippen molar-refractivity contribution in [2.24, 2.45) is 0 Å². The van der Waals surface area contributed by atoms with Crippen LogP contribution in [0.15, 0.2) is 109 Å². The molecule has 0 radical (unpaired) electrons. The minimum absolute atomic E-state index is 0.0318. The van der Waals surface area contributed by atoms with E-state index in [4.69, 9.17) is 37.0 Å². The Hall–Kier alpha value is -4.28. The standard InChI is InChI=1S/C77H132O17P2/c1-5-9-13-17-21-25-29-32-35-38-42-45-49-53-57-61-74(79)87-67-72(93-76(81)63-59-55-51-47-41-28-24-20-16-12-8-4)69-91-95(83,84)89-65-71(78)66-90-96(85,86)92-70-73(94-77(82)64-60-56-52-48-44-40-37-34-31-27-23-19-15-11-7-3)68-88-75(80)62-58-54-50-46-43-39-36-33-30-26-22-18-14-10-6-2/h10-11,14-15,20,22-24,26-27,33-34,36-37,43-44,46,48,71-73,78H,5-9,12-13,16-19,21,25,28-32,35,38-42,45,47,49-70H2,1-4H3,(H,83,84)(H,85,86)/b14-10-,15-11-,24-20-,26-22-,27-23-,36-33-,37-34-,46-43-,48-44-. The fourth-order valence-electron chi connectivity index (χ4n) is 9.59. The molecular weight excluding hydrogens is 1260 g/mol. The molecule has 552 valence electrons. The minimum Gasteiger partial charge on any atom is -0.462 e. The molecule has 0 amide bonds. The van der Waals surface area contributed by atoms with Crippen LogP contribution in [-0.2, 0) is 65.4 Å². The summed E-state index contributed by atoms with van der Waals surface area (Å²) in [5.74, 6) is -2.27. The molecule has 96 heavy (non-hydrogen) atoms. The molecule has 3 N–H and O–H groups in total. The number of rotatable bonds is 69. The number of aliphatic hydroxyl groups is 1. The third kappa shape index (κ3) is 68.3. The van der Waals surface area contributed by atoms with Crippen LogP contribution in [0.3, 0.4) is 0 Å².